The number of pyridine rings is 1. The molecule has 0 unspecified atom stereocenters. The Kier molecular flexibility index (Phi) is 5.87. The van der Waals surface area contributed by atoms with Crippen molar-refractivity contribution in [2.45, 2.75) is 32.3 Å². The molecule has 0 N–H and O–H groups in total. The van der Waals surface area contributed by atoms with Crippen LogP contribution in [0.25, 0.3) is 22.5 Å². The molecule has 0 saturated carbocycles. The van der Waals surface area contributed by atoms with E-state index in [1.165, 1.54) is 0 Å². The second-order valence-corrected chi connectivity index (χ2v) is 10.7. The number of hydrogen-bond acceptors (Lipinski definition) is 4. The fourth-order valence-electron chi connectivity index (χ4n) is 5.77. The summed E-state index contributed by atoms with van der Waals surface area (Å²) in [6.07, 6.45) is 1.18. The molecule has 3 heterocycles. The first kappa shape index (κ1) is 24.1. The lowest BCUT2D eigenvalue weighted by atomic mass is 9.64. The van der Waals surface area contributed by atoms with Crippen LogP contribution < -0.4 is 4.74 Å². The molecule has 0 radical (unpaired) electrons. The Labute approximate surface area is 223 Å². The van der Waals surface area contributed by atoms with E-state index in [9.17, 15) is 9.59 Å². The number of fused-ring (bicyclic) bond motifs is 1. The van der Waals surface area contributed by atoms with Crippen LogP contribution in [-0.4, -0.2) is 40.3 Å². The average molecular weight is 503 g/mol. The topological polar surface area (TPSA) is 59.5 Å². The van der Waals surface area contributed by atoms with Gasteiger partial charge in [-0.25, -0.2) is 4.98 Å². The van der Waals surface area contributed by atoms with Crippen LogP contribution in [0.4, 0.5) is 0 Å². The van der Waals surface area contributed by atoms with E-state index in [1.807, 2.05) is 116 Å². The minimum Gasteiger partial charge on any atom is -0.485 e. The molecule has 190 valence electrons. The second kappa shape index (κ2) is 9.25. The Bertz CT molecular complexity index is 1450. The first-order chi connectivity index (χ1) is 18.4. The van der Waals surface area contributed by atoms with Gasteiger partial charge in [-0.3, -0.25) is 9.59 Å². The van der Waals surface area contributed by atoms with Gasteiger partial charge in [0, 0.05) is 42.6 Å². The number of ether oxygens (including phenoxy) is 1. The lowest BCUT2D eigenvalue weighted by Crippen LogP contribution is -2.61. The lowest BCUT2D eigenvalue weighted by molar-refractivity contribution is -0.0728. The van der Waals surface area contributed by atoms with Crippen molar-refractivity contribution < 1.29 is 14.3 Å². The van der Waals surface area contributed by atoms with Crippen LogP contribution >= 0.6 is 0 Å². The van der Waals surface area contributed by atoms with Crippen LogP contribution in [0.3, 0.4) is 0 Å². The van der Waals surface area contributed by atoms with Gasteiger partial charge in [0.05, 0.1) is 22.4 Å². The summed E-state index contributed by atoms with van der Waals surface area (Å²) in [6, 6.07) is 31.1. The first-order valence-corrected chi connectivity index (χ1v) is 13.1. The number of ketones is 1. The number of carbonyl (C=O) groups is 2. The quantitative estimate of drug-likeness (QED) is 0.313. The predicted molar refractivity (Wildman–Crippen MR) is 148 cm³/mol. The summed E-state index contributed by atoms with van der Waals surface area (Å²) >= 11 is 0. The number of rotatable bonds is 3. The largest absolute Gasteiger partial charge is 0.485 e. The summed E-state index contributed by atoms with van der Waals surface area (Å²) in [4.78, 5) is 34.1. The van der Waals surface area contributed by atoms with Crippen molar-refractivity contribution in [2.24, 2.45) is 5.41 Å². The van der Waals surface area contributed by atoms with Crippen molar-refractivity contribution in [3.63, 3.8) is 0 Å². The predicted octanol–water partition coefficient (Wildman–Crippen LogP) is 6.69. The summed E-state index contributed by atoms with van der Waals surface area (Å²) in [5.41, 5.74) is 3.38. The Balaban J connectivity index is 1.30. The summed E-state index contributed by atoms with van der Waals surface area (Å²) in [5.74, 6) is 0.718. The van der Waals surface area contributed by atoms with Gasteiger partial charge in [-0.1, -0.05) is 72.8 Å². The molecule has 4 aromatic rings. The van der Waals surface area contributed by atoms with E-state index < -0.39 is 11.0 Å². The molecule has 0 atom stereocenters. The van der Waals surface area contributed by atoms with Gasteiger partial charge in [0.25, 0.3) is 5.91 Å². The molecular weight excluding hydrogens is 472 g/mol. The molecule has 1 spiro atoms. The molecule has 38 heavy (non-hydrogen) atoms. The molecular formula is C33H30N2O3. The van der Waals surface area contributed by atoms with E-state index in [1.54, 1.807) is 0 Å². The van der Waals surface area contributed by atoms with Crippen molar-refractivity contribution in [3.8, 4) is 28.3 Å². The number of Topliss-reactive ketones (excluding diaryl/α,β-unsaturated/α-hetero) is 1. The van der Waals surface area contributed by atoms with Crippen LogP contribution in [0.5, 0.6) is 5.75 Å². The van der Waals surface area contributed by atoms with Crippen molar-refractivity contribution >= 4 is 11.7 Å². The third-order valence-electron chi connectivity index (χ3n) is 8.21. The van der Waals surface area contributed by atoms with E-state index in [4.69, 9.17) is 9.72 Å². The molecule has 1 amide bonds. The average Bonchev–Trinajstić information content (AvgIpc) is 2.97. The fourth-order valence-corrected chi connectivity index (χ4v) is 5.77. The summed E-state index contributed by atoms with van der Waals surface area (Å²) in [7, 11) is 0. The van der Waals surface area contributed by atoms with Gasteiger partial charge in [-0.2, -0.15) is 0 Å². The Morgan fingerprint density at radius 3 is 1.89 bits per heavy atom. The van der Waals surface area contributed by atoms with Crippen LogP contribution in [0.2, 0.25) is 0 Å². The molecule has 0 bridgehead atoms. The van der Waals surface area contributed by atoms with Gasteiger partial charge in [0.1, 0.15) is 11.4 Å². The zero-order chi connectivity index (χ0) is 26.3. The SMILES string of the molecule is CC1(C)C(=O)c2ccccc2OC12CCN(C(=O)c1cc(-c3ccccc3)nc(-c3ccccc3)c1)CC2. The van der Waals surface area contributed by atoms with Gasteiger partial charge in [0.15, 0.2) is 5.78 Å². The third kappa shape index (κ3) is 3.99. The number of piperidine rings is 1. The summed E-state index contributed by atoms with van der Waals surface area (Å²) in [5, 5.41) is 0. The maximum absolute atomic E-state index is 13.9. The van der Waals surface area contributed by atoms with Crippen molar-refractivity contribution in [1.29, 1.82) is 0 Å². The lowest BCUT2D eigenvalue weighted by Gasteiger charge is -2.52. The van der Waals surface area contributed by atoms with Gasteiger partial charge < -0.3 is 9.64 Å². The maximum Gasteiger partial charge on any atom is 0.254 e. The molecule has 5 heteroatoms. The van der Waals surface area contributed by atoms with Crippen molar-refractivity contribution in [2.75, 3.05) is 13.1 Å². The van der Waals surface area contributed by atoms with Gasteiger partial charge >= 0.3 is 0 Å². The van der Waals surface area contributed by atoms with E-state index >= 15 is 0 Å². The van der Waals surface area contributed by atoms with E-state index in [2.05, 4.69) is 0 Å². The second-order valence-electron chi connectivity index (χ2n) is 10.7. The Hall–Kier alpha value is -4.25. The highest BCUT2D eigenvalue weighted by Crippen LogP contribution is 2.50. The maximum atomic E-state index is 13.9. The Morgan fingerprint density at radius 1 is 0.789 bits per heavy atom. The fraction of sp³-hybridized carbons (Fsp3) is 0.242. The number of amides is 1. The van der Waals surface area contributed by atoms with Gasteiger partial charge in [0.2, 0.25) is 0 Å². The zero-order valence-electron chi connectivity index (χ0n) is 21.7. The molecule has 2 aliphatic rings. The number of para-hydroxylation sites is 1. The monoisotopic (exact) mass is 502 g/mol. The normalized spacial score (nSPS) is 17.5. The van der Waals surface area contributed by atoms with E-state index in [-0.39, 0.29) is 11.7 Å². The molecule has 5 nitrogen and oxygen atoms in total. The number of carbonyl (C=O) groups excluding carboxylic acids is 2. The third-order valence-corrected chi connectivity index (χ3v) is 8.21. The summed E-state index contributed by atoms with van der Waals surface area (Å²) < 4.78 is 6.56. The number of likely N-dealkylation sites (tertiary alicyclic amines) is 1. The molecule has 0 aliphatic carbocycles. The van der Waals surface area contributed by atoms with Gasteiger partial charge in [-0.05, 0) is 38.1 Å². The standard InChI is InChI=1S/C33H30N2O3/c1-32(2)30(36)26-15-9-10-16-29(26)38-33(32)17-19-35(20-18-33)31(37)25-21-27(23-11-5-3-6-12-23)34-28(22-25)24-13-7-4-8-14-24/h3-16,21-22H,17-20H2,1-2H3. The molecule has 1 fully saturated rings. The molecule has 6 rings (SSSR count). The Morgan fingerprint density at radius 2 is 1.32 bits per heavy atom. The van der Waals surface area contributed by atoms with Crippen molar-refractivity contribution in [3.05, 3.63) is 108 Å². The number of hydrogen-bond donors (Lipinski definition) is 0. The minimum atomic E-state index is -0.686. The van der Waals surface area contributed by atoms with Crippen LogP contribution in [-0.2, 0) is 0 Å². The molecule has 2 aliphatic heterocycles. The van der Waals surface area contributed by atoms with Crippen LogP contribution in [0, 0.1) is 5.41 Å². The smallest absolute Gasteiger partial charge is 0.254 e. The van der Waals surface area contributed by atoms with Crippen LogP contribution in [0.15, 0.2) is 97.1 Å². The van der Waals surface area contributed by atoms with Crippen molar-refractivity contribution in [1.82, 2.24) is 9.88 Å². The number of aromatic nitrogens is 1. The van der Waals surface area contributed by atoms with Crippen LogP contribution in [0.1, 0.15) is 47.4 Å². The number of nitrogens with zero attached hydrogens (tertiary/aromatic N) is 2. The van der Waals surface area contributed by atoms with E-state index in [0.29, 0.717) is 42.8 Å². The highest BCUT2D eigenvalue weighted by atomic mass is 16.5. The van der Waals surface area contributed by atoms with E-state index in [0.717, 1.165) is 22.5 Å². The highest BCUT2D eigenvalue weighted by Gasteiger charge is 2.56. The summed E-state index contributed by atoms with van der Waals surface area (Å²) in [6.45, 7) is 4.98. The van der Waals surface area contributed by atoms with Gasteiger partial charge in [-0.15, -0.1) is 0 Å². The molecule has 3 aromatic carbocycles. The molecule has 1 aromatic heterocycles. The zero-order valence-corrected chi connectivity index (χ0v) is 21.7. The molecule has 1 saturated heterocycles. The number of benzene rings is 3. The first-order valence-electron chi connectivity index (χ1n) is 13.1. The minimum absolute atomic E-state index is 0.0306. The highest BCUT2D eigenvalue weighted by molar-refractivity contribution is 6.04.